The van der Waals surface area contributed by atoms with Gasteiger partial charge in [0.05, 0.1) is 30.7 Å². The van der Waals surface area contributed by atoms with Gasteiger partial charge in [-0.3, -0.25) is 4.90 Å². The molecule has 2 aliphatic heterocycles. The van der Waals surface area contributed by atoms with E-state index in [1.165, 1.54) is 12.8 Å². The van der Waals surface area contributed by atoms with Gasteiger partial charge in [-0.1, -0.05) is 0 Å². The molecule has 26 heavy (non-hydrogen) atoms. The number of morpholine rings is 1. The predicted octanol–water partition coefficient (Wildman–Crippen LogP) is 1.95. The Morgan fingerprint density at radius 3 is 2.62 bits per heavy atom. The molecule has 2 aliphatic rings. The molecule has 4 rings (SSSR count). The lowest BCUT2D eigenvalue weighted by Gasteiger charge is -2.44. The van der Waals surface area contributed by atoms with Crippen LogP contribution in [0.2, 0.25) is 0 Å². The summed E-state index contributed by atoms with van der Waals surface area (Å²) in [5.41, 5.74) is 1.83. The highest BCUT2D eigenvalue weighted by Crippen LogP contribution is 2.26. The second-order valence-electron chi connectivity index (χ2n) is 7.57. The molecular formula is C19H29N5O2. The minimum Gasteiger partial charge on any atom is -0.378 e. The van der Waals surface area contributed by atoms with Gasteiger partial charge in [0.2, 0.25) is 0 Å². The highest BCUT2D eigenvalue weighted by molar-refractivity contribution is 5.51. The number of ether oxygens (including phenoxy) is 2. The molecule has 0 radical (unpaired) electrons. The fourth-order valence-corrected chi connectivity index (χ4v) is 4.37. The van der Waals surface area contributed by atoms with Gasteiger partial charge < -0.3 is 14.4 Å². The average molecular weight is 359 g/mol. The third-order valence-electron chi connectivity index (χ3n) is 5.44. The summed E-state index contributed by atoms with van der Waals surface area (Å²) in [6.45, 7) is 9.05. The molecule has 0 aromatic carbocycles. The van der Waals surface area contributed by atoms with Crippen LogP contribution < -0.4 is 4.90 Å². The SMILES string of the molecule is COCc1cc(N2CCC(N3C[C@@H](C)O[C@@H](C)C3)CC2)n2nccc2n1. The number of aromatic nitrogens is 3. The topological polar surface area (TPSA) is 55.1 Å². The van der Waals surface area contributed by atoms with E-state index in [9.17, 15) is 0 Å². The maximum Gasteiger partial charge on any atom is 0.157 e. The first kappa shape index (κ1) is 17.7. The van der Waals surface area contributed by atoms with Gasteiger partial charge in [0.1, 0.15) is 5.82 Å². The number of anilines is 1. The van der Waals surface area contributed by atoms with E-state index in [0.717, 1.165) is 43.3 Å². The van der Waals surface area contributed by atoms with Crippen LogP contribution in [0, 0.1) is 0 Å². The second kappa shape index (κ2) is 7.50. The molecule has 0 saturated carbocycles. The zero-order valence-corrected chi connectivity index (χ0v) is 16.0. The first-order chi connectivity index (χ1) is 12.6. The van der Waals surface area contributed by atoms with Crippen LogP contribution in [0.1, 0.15) is 32.4 Å². The average Bonchev–Trinajstić information content (AvgIpc) is 3.09. The predicted molar refractivity (Wildman–Crippen MR) is 101 cm³/mol. The maximum absolute atomic E-state index is 5.89. The highest BCUT2D eigenvalue weighted by atomic mass is 16.5. The fraction of sp³-hybridized carbons (Fsp3) is 0.684. The smallest absolute Gasteiger partial charge is 0.157 e. The Kier molecular flexibility index (Phi) is 5.11. The van der Waals surface area contributed by atoms with Gasteiger partial charge in [0, 0.05) is 51.5 Å². The summed E-state index contributed by atoms with van der Waals surface area (Å²) < 4.78 is 13.1. The van der Waals surface area contributed by atoms with E-state index in [2.05, 4.69) is 39.8 Å². The van der Waals surface area contributed by atoms with Gasteiger partial charge >= 0.3 is 0 Å². The largest absolute Gasteiger partial charge is 0.378 e. The summed E-state index contributed by atoms with van der Waals surface area (Å²) >= 11 is 0. The summed E-state index contributed by atoms with van der Waals surface area (Å²) in [4.78, 5) is 9.67. The number of hydrogen-bond acceptors (Lipinski definition) is 6. The third-order valence-corrected chi connectivity index (χ3v) is 5.44. The summed E-state index contributed by atoms with van der Waals surface area (Å²) in [6.07, 6.45) is 4.81. The number of hydrogen-bond donors (Lipinski definition) is 0. The molecule has 0 aliphatic carbocycles. The first-order valence-corrected chi connectivity index (χ1v) is 9.61. The summed E-state index contributed by atoms with van der Waals surface area (Å²) in [6, 6.07) is 4.71. The summed E-state index contributed by atoms with van der Waals surface area (Å²) in [5, 5.41) is 4.47. The van der Waals surface area contributed by atoms with Crippen molar-refractivity contribution in [1.29, 1.82) is 0 Å². The van der Waals surface area contributed by atoms with Gasteiger partial charge in [-0.2, -0.15) is 9.61 Å². The molecule has 2 aromatic rings. The molecule has 0 N–H and O–H groups in total. The van der Waals surface area contributed by atoms with E-state index < -0.39 is 0 Å². The molecular weight excluding hydrogens is 330 g/mol. The van der Waals surface area contributed by atoms with Crippen LogP contribution in [0.5, 0.6) is 0 Å². The van der Waals surface area contributed by atoms with Crippen molar-refractivity contribution in [2.24, 2.45) is 0 Å². The molecule has 7 heteroatoms. The van der Waals surface area contributed by atoms with Crippen molar-refractivity contribution in [3.8, 4) is 0 Å². The molecule has 2 aromatic heterocycles. The normalized spacial score (nSPS) is 25.9. The van der Waals surface area contributed by atoms with Gasteiger partial charge in [0.25, 0.3) is 0 Å². The minimum atomic E-state index is 0.331. The van der Waals surface area contributed by atoms with Crippen molar-refractivity contribution < 1.29 is 9.47 Å². The maximum atomic E-state index is 5.89. The zero-order chi connectivity index (χ0) is 18.1. The van der Waals surface area contributed by atoms with E-state index in [1.807, 2.05) is 16.8 Å². The number of fused-ring (bicyclic) bond motifs is 1. The van der Waals surface area contributed by atoms with Gasteiger partial charge in [-0.25, -0.2) is 4.98 Å². The molecule has 2 saturated heterocycles. The van der Waals surface area contributed by atoms with Gasteiger partial charge in [0.15, 0.2) is 5.65 Å². The minimum absolute atomic E-state index is 0.331. The number of rotatable bonds is 4. The monoisotopic (exact) mass is 359 g/mol. The van der Waals surface area contributed by atoms with E-state index >= 15 is 0 Å². The molecule has 2 atom stereocenters. The lowest BCUT2D eigenvalue weighted by atomic mass is 10.0. The van der Waals surface area contributed by atoms with Crippen LogP contribution in [0.3, 0.4) is 0 Å². The highest BCUT2D eigenvalue weighted by Gasteiger charge is 2.31. The van der Waals surface area contributed by atoms with Crippen molar-refractivity contribution in [3.05, 3.63) is 24.0 Å². The summed E-state index contributed by atoms with van der Waals surface area (Å²) in [7, 11) is 1.71. The Morgan fingerprint density at radius 1 is 1.19 bits per heavy atom. The number of piperidine rings is 1. The van der Waals surface area contributed by atoms with Gasteiger partial charge in [-0.15, -0.1) is 0 Å². The lowest BCUT2D eigenvalue weighted by Crippen LogP contribution is -2.53. The molecule has 0 amide bonds. The van der Waals surface area contributed by atoms with E-state index in [-0.39, 0.29) is 0 Å². The van der Waals surface area contributed by atoms with E-state index in [0.29, 0.717) is 24.9 Å². The molecule has 2 fully saturated rings. The van der Waals surface area contributed by atoms with E-state index in [4.69, 9.17) is 9.47 Å². The van der Waals surface area contributed by atoms with Crippen LogP contribution in [-0.2, 0) is 16.1 Å². The quantitative estimate of drug-likeness (QED) is 0.832. The van der Waals surface area contributed by atoms with Crippen molar-refractivity contribution in [2.75, 3.05) is 38.2 Å². The Hall–Kier alpha value is -1.70. The molecule has 0 bridgehead atoms. The molecule has 7 nitrogen and oxygen atoms in total. The standard InChI is InChI=1S/C19H29N5O2/c1-14-11-23(12-15(2)26-14)17-5-8-22(9-6-17)19-10-16(13-25-3)21-18-4-7-20-24(18)19/h4,7,10,14-15,17H,5-6,8-9,11-13H2,1-3H3/t14-,15+. The second-order valence-corrected chi connectivity index (χ2v) is 7.57. The van der Waals surface area contributed by atoms with Crippen LogP contribution in [-0.4, -0.2) is 71.0 Å². The van der Waals surface area contributed by atoms with Crippen LogP contribution >= 0.6 is 0 Å². The lowest BCUT2D eigenvalue weighted by molar-refractivity contribution is -0.0826. The molecule has 0 unspecified atom stereocenters. The van der Waals surface area contributed by atoms with E-state index in [1.54, 1.807) is 7.11 Å². The summed E-state index contributed by atoms with van der Waals surface area (Å²) in [5.74, 6) is 1.12. The molecule has 0 spiro atoms. The zero-order valence-electron chi connectivity index (χ0n) is 16.0. The Balaban J connectivity index is 1.48. The Bertz CT molecular complexity index is 731. The number of nitrogens with zero attached hydrogens (tertiary/aromatic N) is 5. The Labute approximate surface area is 154 Å². The van der Waals surface area contributed by atoms with Crippen LogP contribution in [0.15, 0.2) is 18.3 Å². The van der Waals surface area contributed by atoms with Gasteiger partial charge in [-0.05, 0) is 26.7 Å². The third kappa shape index (κ3) is 3.56. The van der Waals surface area contributed by atoms with Crippen LogP contribution in [0.4, 0.5) is 5.82 Å². The number of methoxy groups -OCH3 is 1. The van der Waals surface area contributed by atoms with Crippen molar-refractivity contribution in [3.63, 3.8) is 0 Å². The van der Waals surface area contributed by atoms with Crippen molar-refractivity contribution in [2.45, 2.75) is 51.5 Å². The molecule has 142 valence electrons. The van der Waals surface area contributed by atoms with Crippen LogP contribution in [0.25, 0.3) is 5.65 Å². The van der Waals surface area contributed by atoms with Crippen molar-refractivity contribution in [1.82, 2.24) is 19.5 Å². The fourth-order valence-electron chi connectivity index (χ4n) is 4.37. The first-order valence-electron chi connectivity index (χ1n) is 9.61. The Morgan fingerprint density at radius 2 is 1.92 bits per heavy atom. The van der Waals surface area contributed by atoms with Crippen molar-refractivity contribution >= 4 is 11.5 Å². The molecule has 4 heterocycles.